The summed E-state index contributed by atoms with van der Waals surface area (Å²) in [7, 11) is 1.65. The van der Waals surface area contributed by atoms with Crippen LogP contribution >= 0.6 is 11.3 Å². The van der Waals surface area contributed by atoms with Gasteiger partial charge < -0.3 is 15.8 Å². The predicted molar refractivity (Wildman–Crippen MR) is 100 cm³/mol. The molecule has 1 aliphatic carbocycles. The molecule has 3 N–H and O–H groups in total. The first-order valence-electron chi connectivity index (χ1n) is 8.43. The number of ether oxygens (including phenoxy) is 1. The first kappa shape index (κ1) is 16.8. The first-order chi connectivity index (χ1) is 11.7. The van der Waals surface area contributed by atoms with Gasteiger partial charge in [0.2, 0.25) is 0 Å². The quantitative estimate of drug-likeness (QED) is 0.479. The Morgan fingerprint density at radius 2 is 2.25 bits per heavy atom. The van der Waals surface area contributed by atoms with Crippen LogP contribution in [-0.4, -0.2) is 24.6 Å². The zero-order chi connectivity index (χ0) is 16.8. The van der Waals surface area contributed by atoms with Crippen LogP contribution in [0.5, 0.6) is 5.75 Å². The van der Waals surface area contributed by atoms with E-state index < -0.39 is 0 Å². The summed E-state index contributed by atoms with van der Waals surface area (Å²) in [6.45, 7) is 0.701. The molecule has 24 heavy (non-hydrogen) atoms. The van der Waals surface area contributed by atoms with E-state index in [4.69, 9.17) is 15.5 Å². The third-order valence-corrected chi connectivity index (χ3v) is 5.28. The highest BCUT2D eigenvalue weighted by Gasteiger charge is 2.14. The molecule has 0 spiro atoms. The van der Waals surface area contributed by atoms with E-state index in [9.17, 15) is 0 Å². The minimum absolute atomic E-state index is 0.432. The Kier molecular flexibility index (Phi) is 5.69. The molecule has 0 radical (unpaired) electrons. The van der Waals surface area contributed by atoms with Gasteiger partial charge in [-0.25, -0.2) is 4.98 Å². The molecule has 5 nitrogen and oxygen atoms in total. The Hall–Kier alpha value is -2.08. The number of aromatic nitrogens is 1. The van der Waals surface area contributed by atoms with Gasteiger partial charge in [-0.2, -0.15) is 0 Å². The minimum atomic E-state index is 0.432. The van der Waals surface area contributed by atoms with Crippen LogP contribution in [0.2, 0.25) is 0 Å². The topological polar surface area (TPSA) is 72.5 Å². The molecule has 3 rings (SSSR count). The van der Waals surface area contributed by atoms with Gasteiger partial charge in [-0.05, 0) is 44.2 Å². The van der Waals surface area contributed by atoms with Gasteiger partial charge in [0.05, 0.1) is 17.8 Å². The van der Waals surface area contributed by atoms with Crippen LogP contribution in [0.15, 0.2) is 29.3 Å². The third kappa shape index (κ3) is 4.47. The lowest BCUT2D eigenvalue weighted by atomic mass is 10.0. The number of hydrogen-bond acceptors (Lipinski definition) is 4. The molecule has 1 aromatic carbocycles. The van der Waals surface area contributed by atoms with E-state index in [1.807, 2.05) is 35.6 Å². The van der Waals surface area contributed by atoms with E-state index in [0.717, 1.165) is 30.7 Å². The highest BCUT2D eigenvalue weighted by molar-refractivity contribution is 7.11. The van der Waals surface area contributed by atoms with Gasteiger partial charge in [-0.1, -0.05) is 6.07 Å². The van der Waals surface area contributed by atoms with Crippen molar-refractivity contribution in [2.45, 2.75) is 38.5 Å². The number of benzene rings is 1. The predicted octanol–water partition coefficient (Wildman–Crippen LogP) is 3.39. The van der Waals surface area contributed by atoms with Crippen LogP contribution in [-0.2, 0) is 19.3 Å². The molecule has 0 atom stereocenters. The number of anilines is 1. The maximum Gasteiger partial charge on any atom is 0.193 e. The van der Waals surface area contributed by atoms with Gasteiger partial charge in [0.25, 0.3) is 0 Å². The number of aryl methyl sites for hydroxylation is 3. The molecule has 1 heterocycles. The Labute approximate surface area is 147 Å². The van der Waals surface area contributed by atoms with E-state index in [2.05, 4.69) is 10.3 Å². The van der Waals surface area contributed by atoms with Crippen LogP contribution in [0.3, 0.4) is 0 Å². The van der Waals surface area contributed by atoms with Crippen molar-refractivity contribution in [2.75, 3.05) is 19.0 Å². The van der Waals surface area contributed by atoms with Crippen LogP contribution in [0.4, 0.5) is 5.69 Å². The molecule has 2 aromatic rings. The van der Waals surface area contributed by atoms with Crippen molar-refractivity contribution in [1.82, 2.24) is 4.98 Å². The molecule has 0 saturated carbocycles. The molecular formula is C18H24N4OS. The molecule has 1 aromatic heterocycles. The molecule has 0 aliphatic heterocycles. The van der Waals surface area contributed by atoms with Crippen molar-refractivity contribution < 1.29 is 4.74 Å². The van der Waals surface area contributed by atoms with E-state index in [-0.39, 0.29) is 0 Å². The molecule has 0 bridgehead atoms. The fraction of sp³-hybridized carbons (Fsp3) is 0.444. The average Bonchev–Trinajstić information content (AvgIpc) is 3.01. The number of methoxy groups -OCH3 is 1. The smallest absolute Gasteiger partial charge is 0.193 e. The molecule has 6 heteroatoms. The second-order valence-electron chi connectivity index (χ2n) is 5.91. The van der Waals surface area contributed by atoms with Crippen molar-refractivity contribution in [3.63, 3.8) is 0 Å². The molecule has 0 fully saturated rings. The SMILES string of the molecule is COc1cccc(NC(N)=NCCCc2nc3c(s2)CCCC3)c1. The molecule has 0 unspecified atom stereocenters. The van der Waals surface area contributed by atoms with Gasteiger partial charge in [0.15, 0.2) is 5.96 Å². The molecular weight excluding hydrogens is 320 g/mol. The molecule has 0 amide bonds. The monoisotopic (exact) mass is 344 g/mol. The summed E-state index contributed by atoms with van der Waals surface area (Å²) in [5.41, 5.74) is 8.16. The van der Waals surface area contributed by atoms with Gasteiger partial charge in [-0.15, -0.1) is 11.3 Å². The van der Waals surface area contributed by atoms with Crippen LogP contribution in [0.1, 0.15) is 34.8 Å². The van der Waals surface area contributed by atoms with Crippen LogP contribution in [0, 0.1) is 0 Å². The number of nitrogens with zero attached hydrogens (tertiary/aromatic N) is 2. The molecule has 128 valence electrons. The lowest BCUT2D eigenvalue weighted by molar-refractivity contribution is 0.415. The molecule has 0 saturated heterocycles. The summed E-state index contributed by atoms with van der Waals surface area (Å²) in [5.74, 6) is 1.22. The van der Waals surface area contributed by atoms with E-state index in [1.54, 1.807) is 7.11 Å². The Morgan fingerprint density at radius 3 is 3.08 bits per heavy atom. The lowest BCUT2D eigenvalue weighted by Crippen LogP contribution is -2.22. The largest absolute Gasteiger partial charge is 0.497 e. The maximum atomic E-state index is 5.94. The van der Waals surface area contributed by atoms with Crippen molar-refractivity contribution in [3.05, 3.63) is 39.8 Å². The normalized spacial score (nSPS) is 14.3. The highest BCUT2D eigenvalue weighted by atomic mass is 32.1. The number of nitrogens with one attached hydrogen (secondary N) is 1. The number of nitrogens with two attached hydrogens (primary N) is 1. The summed E-state index contributed by atoms with van der Waals surface area (Å²) in [6.07, 6.45) is 6.91. The fourth-order valence-corrected chi connectivity index (χ4v) is 4.03. The summed E-state index contributed by atoms with van der Waals surface area (Å²) in [4.78, 5) is 10.7. The highest BCUT2D eigenvalue weighted by Crippen LogP contribution is 2.27. The summed E-state index contributed by atoms with van der Waals surface area (Å²) in [5, 5.41) is 4.34. The fourth-order valence-electron chi connectivity index (χ4n) is 2.83. The lowest BCUT2D eigenvalue weighted by Gasteiger charge is -2.07. The minimum Gasteiger partial charge on any atom is -0.497 e. The van der Waals surface area contributed by atoms with Crippen molar-refractivity contribution in [3.8, 4) is 5.75 Å². The molecule has 1 aliphatic rings. The van der Waals surface area contributed by atoms with E-state index in [0.29, 0.717) is 12.5 Å². The van der Waals surface area contributed by atoms with Gasteiger partial charge in [0, 0.05) is 29.6 Å². The first-order valence-corrected chi connectivity index (χ1v) is 9.24. The second kappa shape index (κ2) is 8.15. The van der Waals surface area contributed by atoms with E-state index in [1.165, 1.54) is 34.8 Å². The van der Waals surface area contributed by atoms with Gasteiger partial charge in [-0.3, -0.25) is 4.99 Å². The number of rotatable bonds is 6. The van der Waals surface area contributed by atoms with Crippen molar-refractivity contribution in [1.29, 1.82) is 0 Å². The van der Waals surface area contributed by atoms with E-state index >= 15 is 0 Å². The van der Waals surface area contributed by atoms with Crippen molar-refractivity contribution in [2.24, 2.45) is 10.7 Å². The Morgan fingerprint density at radius 1 is 1.38 bits per heavy atom. The summed E-state index contributed by atoms with van der Waals surface area (Å²) in [6, 6.07) is 7.64. The van der Waals surface area contributed by atoms with Gasteiger partial charge >= 0.3 is 0 Å². The maximum absolute atomic E-state index is 5.94. The number of aliphatic imine (C=N–C) groups is 1. The number of thiazole rings is 1. The summed E-state index contributed by atoms with van der Waals surface area (Å²) < 4.78 is 5.19. The Bertz CT molecular complexity index is 687. The van der Waals surface area contributed by atoms with Crippen molar-refractivity contribution >= 4 is 23.0 Å². The zero-order valence-electron chi connectivity index (χ0n) is 14.0. The second-order valence-corrected chi connectivity index (χ2v) is 7.08. The number of guanidine groups is 1. The van der Waals surface area contributed by atoms with Crippen LogP contribution < -0.4 is 15.8 Å². The Balaban J connectivity index is 1.46. The van der Waals surface area contributed by atoms with Gasteiger partial charge in [0.1, 0.15) is 5.75 Å². The average molecular weight is 344 g/mol. The summed E-state index contributed by atoms with van der Waals surface area (Å²) >= 11 is 1.88. The van der Waals surface area contributed by atoms with Crippen LogP contribution in [0.25, 0.3) is 0 Å². The number of fused-ring (bicyclic) bond motifs is 1. The number of hydrogen-bond donors (Lipinski definition) is 2. The zero-order valence-corrected chi connectivity index (χ0v) is 14.9. The standard InChI is InChI=1S/C18H24N4OS/c1-23-14-7-4-6-13(12-14)21-18(19)20-11-5-10-17-22-15-8-2-3-9-16(15)24-17/h4,6-7,12H,2-3,5,8-11H2,1H3,(H3,19,20,21). The third-order valence-electron chi connectivity index (χ3n) is 4.06.